The highest BCUT2D eigenvalue weighted by Crippen LogP contribution is 2.28. The molecule has 0 atom stereocenters. The summed E-state index contributed by atoms with van der Waals surface area (Å²) in [4.78, 5) is 18.7. The van der Waals surface area contributed by atoms with E-state index in [2.05, 4.69) is 10.3 Å². The molecule has 4 nitrogen and oxygen atoms in total. The fraction of sp³-hybridized carbons (Fsp3) is 0.333. The molecule has 1 aliphatic carbocycles. The summed E-state index contributed by atoms with van der Waals surface area (Å²) >= 11 is 12.0. The molecule has 6 heteroatoms. The Morgan fingerprint density at radius 2 is 1.96 bits per heavy atom. The second-order valence-corrected chi connectivity index (χ2v) is 6.81. The standard InChI is InChI=1S/C18H19Cl2N3O/c19-14-9-13(10-15(20)11-14)6-8-22-18(24)23(17-4-5-17)12-16-3-1-2-7-21-16/h1-3,7,9-11,17H,4-6,8,12H2,(H,22,24). The lowest BCUT2D eigenvalue weighted by atomic mass is 10.1. The molecule has 1 aromatic heterocycles. The smallest absolute Gasteiger partial charge is 0.318 e. The molecular weight excluding hydrogens is 345 g/mol. The quantitative estimate of drug-likeness (QED) is 0.831. The minimum absolute atomic E-state index is 0.0451. The van der Waals surface area contributed by atoms with E-state index in [-0.39, 0.29) is 6.03 Å². The SMILES string of the molecule is O=C(NCCc1cc(Cl)cc(Cl)c1)N(Cc1ccccn1)C1CC1. The molecular formula is C18H19Cl2N3O. The Morgan fingerprint density at radius 3 is 2.58 bits per heavy atom. The number of nitrogens with one attached hydrogen (secondary N) is 1. The normalized spacial score (nSPS) is 13.6. The summed E-state index contributed by atoms with van der Waals surface area (Å²) in [6, 6.07) is 11.5. The monoisotopic (exact) mass is 363 g/mol. The molecule has 126 valence electrons. The maximum Gasteiger partial charge on any atom is 0.318 e. The van der Waals surface area contributed by atoms with Gasteiger partial charge in [0.2, 0.25) is 0 Å². The molecule has 24 heavy (non-hydrogen) atoms. The second-order valence-electron chi connectivity index (χ2n) is 5.94. The number of hydrogen-bond acceptors (Lipinski definition) is 2. The van der Waals surface area contributed by atoms with Crippen LogP contribution in [0.25, 0.3) is 0 Å². The minimum Gasteiger partial charge on any atom is -0.338 e. The summed E-state index contributed by atoms with van der Waals surface area (Å²) < 4.78 is 0. The molecule has 1 aromatic carbocycles. The van der Waals surface area contributed by atoms with Crippen molar-refractivity contribution in [3.05, 3.63) is 63.9 Å². The molecule has 0 bridgehead atoms. The average molecular weight is 364 g/mol. The van der Waals surface area contributed by atoms with E-state index >= 15 is 0 Å². The van der Waals surface area contributed by atoms with Crippen LogP contribution in [0.4, 0.5) is 4.79 Å². The second kappa shape index (κ2) is 7.86. The number of benzene rings is 1. The predicted octanol–water partition coefficient (Wildman–Crippen LogP) is 4.31. The van der Waals surface area contributed by atoms with Gasteiger partial charge in [-0.25, -0.2) is 4.79 Å². The number of amides is 2. The first-order valence-electron chi connectivity index (χ1n) is 8.01. The highest BCUT2D eigenvalue weighted by atomic mass is 35.5. The minimum atomic E-state index is -0.0451. The summed E-state index contributed by atoms with van der Waals surface area (Å²) in [5.74, 6) is 0. The van der Waals surface area contributed by atoms with Crippen LogP contribution in [0.5, 0.6) is 0 Å². The third-order valence-electron chi connectivity index (χ3n) is 3.92. The van der Waals surface area contributed by atoms with E-state index in [1.54, 1.807) is 12.3 Å². The van der Waals surface area contributed by atoms with Crippen LogP contribution in [-0.2, 0) is 13.0 Å². The topological polar surface area (TPSA) is 45.2 Å². The number of halogens is 2. The van der Waals surface area contributed by atoms with Gasteiger partial charge in [0.1, 0.15) is 0 Å². The lowest BCUT2D eigenvalue weighted by molar-refractivity contribution is 0.191. The van der Waals surface area contributed by atoms with Crippen molar-refractivity contribution >= 4 is 29.2 Å². The Balaban J connectivity index is 1.54. The van der Waals surface area contributed by atoms with Crippen LogP contribution < -0.4 is 5.32 Å². The van der Waals surface area contributed by atoms with Crippen LogP contribution in [0.1, 0.15) is 24.1 Å². The maximum atomic E-state index is 12.5. The summed E-state index contributed by atoms with van der Waals surface area (Å²) in [6.07, 6.45) is 4.56. The lowest BCUT2D eigenvalue weighted by Crippen LogP contribution is -2.41. The van der Waals surface area contributed by atoms with Crippen molar-refractivity contribution < 1.29 is 4.79 Å². The van der Waals surface area contributed by atoms with Crippen molar-refractivity contribution in [1.82, 2.24) is 15.2 Å². The first kappa shape index (κ1) is 17.1. The van der Waals surface area contributed by atoms with Gasteiger partial charge >= 0.3 is 6.03 Å². The molecule has 0 spiro atoms. The molecule has 1 aliphatic rings. The number of pyridine rings is 1. The van der Waals surface area contributed by atoms with Crippen molar-refractivity contribution in [2.75, 3.05) is 6.54 Å². The Morgan fingerprint density at radius 1 is 1.21 bits per heavy atom. The first-order chi connectivity index (χ1) is 11.6. The van der Waals surface area contributed by atoms with E-state index in [0.717, 1.165) is 24.1 Å². The highest BCUT2D eigenvalue weighted by molar-refractivity contribution is 6.34. The van der Waals surface area contributed by atoms with E-state index in [1.165, 1.54) is 0 Å². The Hall–Kier alpha value is -1.78. The molecule has 0 unspecified atom stereocenters. The molecule has 1 heterocycles. The highest BCUT2D eigenvalue weighted by Gasteiger charge is 2.32. The van der Waals surface area contributed by atoms with E-state index < -0.39 is 0 Å². The van der Waals surface area contributed by atoms with Crippen molar-refractivity contribution in [2.24, 2.45) is 0 Å². The Bertz CT molecular complexity index is 684. The van der Waals surface area contributed by atoms with Gasteiger partial charge in [0, 0.05) is 28.8 Å². The van der Waals surface area contributed by atoms with Gasteiger partial charge in [0.25, 0.3) is 0 Å². The fourth-order valence-corrected chi connectivity index (χ4v) is 3.16. The largest absolute Gasteiger partial charge is 0.338 e. The van der Waals surface area contributed by atoms with Crippen molar-refractivity contribution in [3.63, 3.8) is 0 Å². The van der Waals surface area contributed by atoms with Crippen LogP contribution >= 0.6 is 23.2 Å². The lowest BCUT2D eigenvalue weighted by Gasteiger charge is -2.22. The van der Waals surface area contributed by atoms with Crippen LogP contribution in [0.2, 0.25) is 10.0 Å². The van der Waals surface area contributed by atoms with Crippen LogP contribution in [0, 0.1) is 0 Å². The van der Waals surface area contributed by atoms with Gasteiger partial charge in [0.05, 0.1) is 12.2 Å². The number of hydrogen-bond donors (Lipinski definition) is 1. The summed E-state index contributed by atoms with van der Waals surface area (Å²) in [7, 11) is 0. The fourth-order valence-electron chi connectivity index (χ4n) is 2.59. The van der Waals surface area contributed by atoms with Crippen molar-refractivity contribution in [2.45, 2.75) is 31.8 Å². The molecule has 3 rings (SSSR count). The van der Waals surface area contributed by atoms with Gasteiger partial charge in [0.15, 0.2) is 0 Å². The van der Waals surface area contributed by atoms with E-state index in [9.17, 15) is 4.79 Å². The zero-order valence-corrected chi connectivity index (χ0v) is 14.7. The number of rotatable bonds is 6. The van der Waals surface area contributed by atoms with Gasteiger partial charge in [-0.15, -0.1) is 0 Å². The summed E-state index contributed by atoms with van der Waals surface area (Å²) in [5, 5.41) is 4.20. The predicted molar refractivity (Wildman–Crippen MR) is 96.4 cm³/mol. The molecule has 1 saturated carbocycles. The van der Waals surface area contributed by atoms with Crippen LogP contribution in [0.3, 0.4) is 0 Å². The van der Waals surface area contributed by atoms with Crippen molar-refractivity contribution in [3.8, 4) is 0 Å². The third kappa shape index (κ3) is 4.86. The number of nitrogens with zero attached hydrogens (tertiary/aromatic N) is 2. The van der Waals surface area contributed by atoms with Gasteiger partial charge in [-0.1, -0.05) is 29.3 Å². The molecule has 1 N–H and O–H groups in total. The number of carbonyl (C=O) groups excluding carboxylic acids is 1. The maximum absolute atomic E-state index is 12.5. The number of carbonyl (C=O) groups is 1. The molecule has 1 fully saturated rings. The number of urea groups is 1. The van der Waals surface area contributed by atoms with Gasteiger partial charge in [-0.2, -0.15) is 0 Å². The summed E-state index contributed by atoms with van der Waals surface area (Å²) in [5.41, 5.74) is 1.91. The first-order valence-corrected chi connectivity index (χ1v) is 8.77. The van der Waals surface area contributed by atoms with E-state index in [4.69, 9.17) is 23.2 Å². The molecule has 0 aliphatic heterocycles. The van der Waals surface area contributed by atoms with Gasteiger partial charge < -0.3 is 10.2 Å². The molecule has 0 radical (unpaired) electrons. The van der Waals surface area contributed by atoms with Gasteiger partial charge in [-0.05, 0) is 55.2 Å². The van der Waals surface area contributed by atoms with E-state index in [1.807, 2.05) is 35.2 Å². The zero-order chi connectivity index (χ0) is 16.9. The van der Waals surface area contributed by atoms with Gasteiger partial charge in [-0.3, -0.25) is 4.98 Å². The van der Waals surface area contributed by atoms with Crippen molar-refractivity contribution in [1.29, 1.82) is 0 Å². The molecule has 0 saturated heterocycles. The third-order valence-corrected chi connectivity index (χ3v) is 4.36. The van der Waals surface area contributed by atoms with Crippen LogP contribution in [0.15, 0.2) is 42.6 Å². The Kier molecular flexibility index (Phi) is 5.59. The van der Waals surface area contributed by atoms with Crippen LogP contribution in [-0.4, -0.2) is 28.5 Å². The zero-order valence-electron chi connectivity index (χ0n) is 13.2. The Labute approximate surface area is 151 Å². The number of aromatic nitrogens is 1. The van der Waals surface area contributed by atoms with E-state index in [0.29, 0.717) is 35.6 Å². The molecule has 2 aromatic rings. The average Bonchev–Trinajstić information content (AvgIpc) is 3.37. The molecule has 2 amide bonds. The summed E-state index contributed by atoms with van der Waals surface area (Å²) in [6.45, 7) is 1.08.